The third-order valence-electron chi connectivity index (χ3n) is 9.46. The predicted octanol–water partition coefficient (Wildman–Crippen LogP) is 1.36. The largest absolute Gasteiger partial charge is 0.491 e. The maximum Gasteiger partial charge on any atom is 0.343 e. The summed E-state index contributed by atoms with van der Waals surface area (Å²) in [6, 6.07) is 17.2. The van der Waals surface area contributed by atoms with E-state index in [1.54, 1.807) is 0 Å². The van der Waals surface area contributed by atoms with Crippen molar-refractivity contribution < 1.29 is 82.5 Å². The van der Waals surface area contributed by atoms with Crippen molar-refractivity contribution in [2.45, 2.75) is 50.6 Å². The van der Waals surface area contributed by atoms with Crippen LogP contribution >= 0.6 is 0 Å². The molecule has 0 radical (unpaired) electrons. The van der Waals surface area contributed by atoms with Crippen molar-refractivity contribution in [3.05, 3.63) is 107 Å². The van der Waals surface area contributed by atoms with Gasteiger partial charge >= 0.3 is 35.8 Å². The Balaban J connectivity index is 1.43. The molecule has 71 heavy (non-hydrogen) atoms. The van der Waals surface area contributed by atoms with Gasteiger partial charge in [0.1, 0.15) is 48.3 Å². The number of ether oxygens (including phenoxy) is 5. The number of benzene rings is 4. The molecule has 25 heteroatoms. The number of esters is 2. The first kappa shape index (κ1) is 54.3. The van der Waals surface area contributed by atoms with Crippen molar-refractivity contribution in [2.75, 3.05) is 26.4 Å². The van der Waals surface area contributed by atoms with Crippen LogP contribution < -0.4 is 52.5 Å². The van der Waals surface area contributed by atoms with Crippen LogP contribution in [0.4, 0.5) is 11.4 Å². The topological polar surface area (TPSA) is 416 Å². The van der Waals surface area contributed by atoms with Gasteiger partial charge in [0.15, 0.2) is 11.9 Å². The molecule has 4 rings (SSSR count). The van der Waals surface area contributed by atoms with E-state index in [9.17, 15) is 48.6 Å². The molecule has 0 aliphatic heterocycles. The zero-order valence-electron chi connectivity index (χ0n) is 37.6. The highest BCUT2D eigenvalue weighted by Crippen LogP contribution is 2.29. The standard InChI is InChI=1S/C46H50N8O17/c47-45(48)51-29-9-1-27(2-10-29)43(65)70-31-13-5-25(7-15-37(55)53-33(41(61)62)23-39(57)58)35(21-31)68-19-17-67-18-20-69-36-22-32(71-44(66)28-3-11-30(12-4-28)52-46(49)50)14-6-26(36)8-16-38(56)54-34(42(63)64)24-40(59)60/h1-6,9-14,21-22,33-34H,7-8,15-20,23-24H2,(H,53,55)(H,54,56)(H,57,58)(H,59,60)(H,61,62)(H,63,64)(H4,47,48,51)(H4,49,50,52)/t33-,34?/m1/s1. The Morgan fingerprint density at radius 1 is 0.507 bits per heavy atom. The van der Waals surface area contributed by atoms with Gasteiger partial charge in [-0.25, -0.2) is 29.2 Å². The van der Waals surface area contributed by atoms with Gasteiger partial charge < -0.3 is 77.7 Å². The van der Waals surface area contributed by atoms with Crippen molar-refractivity contribution in [3.8, 4) is 23.0 Å². The van der Waals surface area contributed by atoms with Crippen LogP contribution in [-0.4, -0.2) is 118 Å². The molecule has 376 valence electrons. The highest BCUT2D eigenvalue weighted by Gasteiger charge is 2.25. The summed E-state index contributed by atoms with van der Waals surface area (Å²) < 4.78 is 28.7. The van der Waals surface area contributed by atoms with Gasteiger partial charge in [0, 0.05) is 25.0 Å². The third kappa shape index (κ3) is 19.1. The van der Waals surface area contributed by atoms with Gasteiger partial charge in [-0.2, -0.15) is 0 Å². The monoisotopic (exact) mass is 986 g/mol. The first-order valence-electron chi connectivity index (χ1n) is 21.2. The van der Waals surface area contributed by atoms with Gasteiger partial charge in [-0.05, 0) is 84.6 Å². The summed E-state index contributed by atoms with van der Waals surface area (Å²) in [4.78, 5) is 104. The molecule has 0 aliphatic carbocycles. The third-order valence-corrected chi connectivity index (χ3v) is 9.46. The van der Waals surface area contributed by atoms with Gasteiger partial charge in [0.2, 0.25) is 11.8 Å². The molecular weight excluding hydrogens is 937 g/mol. The Labute approximate surface area is 403 Å². The van der Waals surface area contributed by atoms with E-state index in [1.165, 1.54) is 84.9 Å². The molecule has 0 aliphatic rings. The van der Waals surface area contributed by atoms with Crippen LogP contribution in [-0.2, 0) is 46.3 Å². The molecule has 2 amide bonds. The van der Waals surface area contributed by atoms with Gasteiger partial charge in [-0.1, -0.05) is 12.1 Å². The number of nitrogens with zero attached hydrogens (tertiary/aromatic N) is 2. The quantitative estimate of drug-likeness (QED) is 0.0126. The number of carbonyl (C=O) groups excluding carboxylic acids is 4. The van der Waals surface area contributed by atoms with Crippen LogP contribution in [0.2, 0.25) is 0 Å². The summed E-state index contributed by atoms with van der Waals surface area (Å²) in [7, 11) is 0. The highest BCUT2D eigenvalue weighted by molar-refractivity contribution is 5.93. The van der Waals surface area contributed by atoms with Crippen LogP contribution in [0.25, 0.3) is 0 Å². The lowest BCUT2D eigenvalue weighted by molar-refractivity contribution is -0.147. The molecule has 0 fully saturated rings. The van der Waals surface area contributed by atoms with Crippen molar-refractivity contribution in [1.82, 2.24) is 10.6 Å². The average molecular weight is 987 g/mol. The van der Waals surface area contributed by atoms with Crippen molar-refractivity contribution in [3.63, 3.8) is 0 Å². The summed E-state index contributed by atoms with van der Waals surface area (Å²) in [5.74, 6) is -8.81. The van der Waals surface area contributed by atoms with Gasteiger partial charge in [0.05, 0.1) is 48.6 Å². The van der Waals surface area contributed by atoms with Crippen LogP contribution in [0.1, 0.15) is 57.5 Å². The first-order chi connectivity index (χ1) is 33.8. The summed E-state index contributed by atoms with van der Waals surface area (Å²) in [5, 5.41) is 41.1. The number of carboxylic acids is 4. The van der Waals surface area contributed by atoms with Crippen LogP contribution in [0.5, 0.6) is 23.0 Å². The number of nitrogens with one attached hydrogen (secondary N) is 2. The van der Waals surface area contributed by atoms with Crippen molar-refractivity contribution in [1.29, 1.82) is 0 Å². The zero-order valence-corrected chi connectivity index (χ0v) is 37.6. The summed E-state index contributed by atoms with van der Waals surface area (Å²) in [5.41, 5.74) is 23.6. The summed E-state index contributed by atoms with van der Waals surface area (Å²) >= 11 is 0. The summed E-state index contributed by atoms with van der Waals surface area (Å²) in [6.45, 7) is -0.279. The fourth-order valence-corrected chi connectivity index (χ4v) is 6.15. The van der Waals surface area contributed by atoms with Gasteiger partial charge in [-0.15, -0.1) is 0 Å². The van der Waals surface area contributed by atoms with E-state index in [2.05, 4.69) is 20.6 Å². The first-order valence-corrected chi connectivity index (χ1v) is 21.2. The Kier molecular flexibility index (Phi) is 20.6. The lowest BCUT2D eigenvalue weighted by Crippen LogP contribution is -2.42. The second-order valence-electron chi connectivity index (χ2n) is 14.9. The molecule has 25 nitrogen and oxygen atoms in total. The molecule has 0 bridgehead atoms. The lowest BCUT2D eigenvalue weighted by Gasteiger charge is -2.16. The van der Waals surface area contributed by atoms with Crippen molar-refractivity contribution >= 4 is 70.9 Å². The number of carbonyl (C=O) groups is 8. The number of aliphatic imine (C=N–C) groups is 2. The Hall–Kier alpha value is -9.26. The molecule has 1 unspecified atom stereocenters. The number of aryl methyl sites for hydroxylation is 2. The molecule has 0 saturated heterocycles. The maximum absolute atomic E-state index is 13.0. The molecule has 2 atom stereocenters. The van der Waals surface area contributed by atoms with E-state index < -0.39 is 72.6 Å². The molecule has 4 aromatic rings. The number of rotatable bonds is 28. The average Bonchev–Trinajstić information content (AvgIpc) is 3.29. The minimum absolute atomic E-state index is 0.0116. The second kappa shape index (κ2) is 26.9. The molecule has 0 aromatic heterocycles. The molecule has 0 heterocycles. The highest BCUT2D eigenvalue weighted by atomic mass is 16.6. The number of hydrogen-bond acceptors (Lipinski definition) is 15. The number of guanidine groups is 2. The predicted molar refractivity (Wildman–Crippen MR) is 249 cm³/mol. The molecule has 4 aromatic carbocycles. The fraction of sp³-hybridized carbons (Fsp3) is 0.261. The number of hydrogen-bond donors (Lipinski definition) is 10. The van der Waals surface area contributed by atoms with E-state index >= 15 is 0 Å². The number of aliphatic carboxylic acids is 4. The minimum Gasteiger partial charge on any atom is -0.491 e. The molecule has 14 N–H and O–H groups in total. The van der Waals surface area contributed by atoms with E-state index in [1.807, 2.05) is 0 Å². The SMILES string of the molecule is NC(N)=Nc1ccc(C(=O)Oc2ccc(CCC(=O)NC(CC(=O)O)C(=O)O)c(OCCOCCOc3cc(OC(=O)c4ccc(N=C(N)N)cc4)ccc3CCC(=O)N[C@H](CC(=O)O)C(=O)O)c2)cc1. The Morgan fingerprint density at radius 2 is 0.873 bits per heavy atom. The van der Waals surface area contributed by atoms with Gasteiger partial charge in [0.25, 0.3) is 0 Å². The number of nitrogens with two attached hydrogens (primary N) is 4. The van der Waals surface area contributed by atoms with Gasteiger partial charge in [-0.3, -0.25) is 19.2 Å². The Bertz CT molecular complexity index is 2450. The number of carboxylic acid groups (broad SMARTS) is 4. The second-order valence-corrected chi connectivity index (χ2v) is 14.9. The van der Waals surface area contributed by atoms with Crippen LogP contribution in [0.3, 0.4) is 0 Å². The summed E-state index contributed by atoms with van der Waals surface area (Å²) in [6.07, 6.45) is -2.25. The molecule has 0 saturated carbocycles. The van der Waals surface area contributed by atoms with E-state index in [4.69, 9.17) is 56.8 Å². The fourth-order valence-electron chi connectivity index (χ4n) is 6.15. The van der Waals surface area contributed by atoms with E-state index in [0.717, 1.165) is 0 Å². The Morgan fingerprint density at radius 3 is 1.20 bits per heavy atom. The minimum atomic E-state index is -1.66. The van der Waals surface area contributed by atoms with Crippen molar-refractivity contribution in [2.24, 2.45) is 32.9 Å². The van der Waals surface area contributed by atoms with E-state index in [0.29, 0.717) is 22.5 Å². The molecule has 0 spiro atoms. The number of amides is 2. The zero-order chi connectivity index (χ0) is 52.0. The lowest BCUT2D eigenvalue weighted by atomic mass is 10.1. The smallest absolute Gasteiger partial charge is 0.343 e. The van der Waals surface area contributed by atoms with E-state index in [-0.39, 0.29) is 98.2 Å². The van der Waals surface area contributed by atoms with Crippen LogP contribution in [0.15, 0.2) is 94.9 Å². The maximum atomic E-state index is 13.0. The normalized spacial score (nSPS) is 11.4. The van der Waals surface area contributed by atoms with Crippen LogP contribution in [0, 0.1) is 0 Å². The molecular formula is C46H50N8O17.